The molecule has 0 radical (unpaired) electrons. The highest BCUT2D eigenvalue weighted by atomic mass is 16.7. The molecule has 1 aromatic carbocycles. The van der Waals surface area contributed by atoms with Crippen molar-refractivity contribution in [1.82, 2.24) is 10.4 Å². The first-order valence-electron chi connectivity index (χ1n) is 8.33. The van der Waals surface area contributed by atoms with Crippen LogP contribution in [0.25, 0.3) is 0 Å². The number of hydrogen-bond donors (Lipinski definition) is 1. The lowest BCUT2D eigenvalue weighted by molar-refractivity contribution is -0.0441. The third-order valence-corrected chi connectivity index (χ3v) is 4.04. The lowest BCUT2D eigenvalue weighted by Gasteiger charge is -2.37. The minimum absolute atomic E-state index is 0.0174. The van der Waals surface area contributed by atoms with Crippen LogP contribution in [-0.4, -0.2) is 23.8 Å². The highest BCUT2D eigenvalue weighted by Crippen LogP contribution is 2.25. The van der Waals surface area contributed by atoms with Crippen LogP contribution < -0.4 is 5.43 Å². The van der Waals surface area contributed by atoms with Crippen LogP contribution in [-0.2, 0) is 20.8 Å². The van der Waals surface area contributed by atoms with Crippen LogP contribution in [0.2, 0.25) is 0 Å². The first-order chi connectivity index (χ1) is 11.4. The Morgan fingerprint density at radius 1 is 1.17 bits per heavy atom. The second kappa shape index (κ2) is 6.87. The van der Waals surface area contributed by atoms with Gasteiger partial charge in [0, 0.05) is 17.3 Å². The molecular weight excluding hydrogens is 304 g/mol. The fourth-order valence-electron chi connectivity index (χ4n) is 2.56. The van der Waals surface area contributed by atoms with Gasteiger partial charge in [0.15, 0.2) is 6.29 Å². The van der Waals surface area contributed by atoms with Crippen LogP contribution in [0, 0.1) is 0 Å². The van der Waals surface area contributed by atoms with Gasteiger partial charge in [0.25, 0.3) is 0 Å². The van der Waals surface area contributed by atoms with Gasteiger partial charge < -0.3 is 19.6 Å². The average molecular weight is 330 g/mol. The number of nitrogens with zero attached hydrogens (tertiary/aromatic N) is 1. The van der Waals surface area contributed by atoms with Crippen LogP contribution in [0.4, 0.5) is 0 Å². The van der Waals surface area contributed by atoms with Crippen molar-refractivity contribution in [2.75, 3.05) is 13.2 Å². The molecule has 130 valence electrons. The van der Waals surface area contributed by atoms with E-state index in [4.69, 9.17) is 14.2 Å². The zero-order chi connectivity index (χ0) is 17.2. The molecule has 24 heavy (non-hydrogen) atoms. The quantitative estimate of drug-likeness (QED) is 0.913. The molecule has 1 fully saturated rings. The Balaban J connectivity index is 1.56. The fraction of sp³-hybridized carbons (Fsp3) is 0.474. The minimum Gasteiger partial charge on any atom is -0.487 e. The number of hydrazine groups is 1. The van der Waals surface area contributed by atoms with E-state index >= 15 is 0 Å². The average Bonchev–Trinajstić information content (AvgIpc) is 3.08. The molecule has 1 aromatic rings. The Labute approximate surface area is 143 Å². The Kier molecular flexibility index (Phi) is 4.83. The highest BCUT2D eigenvalue weighted by molar-refractivity contribution is 5.27. The Bertz CT molecular complexity index is 623. The number of hydrogen-bond acceptors (Lipinski definition) is 5. The molecule has 0 bridgehead atoms. The van der Waals surface area contributed by atoms with Gasteiger partial charge >= 0.3 is 0 Å². The van der Waals surface area contributed by atoms with E-state index in [1.54, 1.807) is 0 Å². The van der Waals surface area contributed by atoms with Crippen molar-refractivity contribution in [3.63, 3.8) is 0 Å². The molecule has 5 nitrogen and oxygen atoms in total. The van der Waals surface area contributed by atoms with Gasteiger partial charge in [-0.25, -0.2) is 0 Å². The lowest BCUT2D eigenvalue weighted by Crippen LogP contribution is -2.46. The van der Waals surface area contributed by atoms with Gasteiger partial charge in [0.1, 0.15) is 12.4 Å². The minimum atomic E-state index is -0.223. The number of benzene rings is 1. The summed E-state index contributed by atoms with van der Waals surface area (Å²) < 4.78 is 17.0. The molecule has 2 heterocycles. The predicted molar refractivity (Wildman–Crippen MR) is 92.4 cm³/mol. The summed E-state index contributed by atoms with van der Waals surface area (Å²) in [6.45, 7) is 10.4. The summed E-state index contributed by atoms with van der Waals surface area (Å²) in [5.74, 6) is 0.863. The number of nitrogens with one attached hydrogen (secondary N) is 1. The summed E-state index contributed by atoms with van der Waals surface area (Å²) in [6.07, 6.45) is 3.77. The third-order valence-electron chi connectivity index (χ3n) is 4.04. The van der Waals surface area contributed by atoms with Gasteiger partial charge in [-0.3, -0.25) is 5.01 Å². The summed E-state index contributed by atoms with van der Waals surface area (Å²) in [5.41, 5.74) is 6.54. The van der Waals surface area contributed by atoms with Gasteiger partial charge in [0.05, 0.1) is 25.0 Å². The van der Waals surface area contributed by atoms with E-state index in [-0.39, 0.29) is 11.8 Å². The maximum absolute atomic E-state index is 5.95. The first-order valence-corrected chi connectivity index (χ1v) is 8.33. The van der Waals surface area contributed by atoms with Gasteiger partial charge in [-0.05, 0) is 33.3 Å². The number of ether oxygens (including phenoxy) is 3. The van der Waals surface area contributed by atoms with Crippen LogP contribution in [0.3, 0.4) is 0 Å². The van der Waals surface area contributed by atoms with Crippen molar-refractivity contribution >= 4 is 0 Å². The summed E-state index contributed by atoms with van der Waals surface area (Å²) in [7, 11) is 0. The smallest absolute Gasteiger partial charge is 0.184 e. The molecule has 1 N–H and O–H groups in total. The van der Waals surface area contributed by atoms with Crippen molar-refractivity contribution < 1.29 is 14.2 Å². The largest absolute Gasteiger partial charge is 0.487 e. The zero-order valence-corrected chi connectivity index (χ0v) is 14.8. The van der Waals surface area contributed by atoms with E-state index in [2.05, 4.69) is 56.5 Å². The monoisotopic (exact) mass is 330 g/mol. The van der Waals surface area contributed by atoms with Crippen LogP contribution in [0.1, 0.15) is 45.1 Å². The first kappa shape index (κ1) is 16.9. The molecule has 0 atom stereocenters. The molecule has 3 rings (SSSR count). The molecule has 0 aliphatic carbocycles. The molecule has 0 spiro atoms. The predicted octanol–water partition coefficient (Wildman–Crippen LogP) is 3.61. The van der Waals surface area contributed by atoms with Crippen LogP contribution in [0.5, 0.6) is 0 Å². The molecular formula is C19H26N2O3. The second-order valence-electron chi connectivity index (χ2n) is 7.09. The van der Waals surface area contributed by atoms with Crippen molar-refractivity contribution in [2.24, 2.45) is 0 Å². The van der Waals surface area contributed by atoms with Crippen molar-refractivity contribution in [1.29, 1.82) is 0 Å². The molecule has 0 unspecified atom stereocenters. The Hall–Kier alpha value is -1.98. The van der Waals surface area contributed by atoms with Crippen molar-refractivity contribution in [3.8, 4) is 0 Å². The molecule has 0 saturated carbocycles. The topological polar surface area (TPSA) is 43.0 Å². The Morgan fingerprint density at radius 2 is 1.83 bits per heavy atom. The van der Waals surface area contributed by atoms with Gasteiger partial charge in [-0.15, -0.1) is 0 Å². The van der Waals surface area contributed by atoms with E-state index in [0.29, 0.717) is 19.8 Å². The van der Waals surface area contributed by atoms with E-state index in [9.17, 15) is 0 Å². The van der Waals surface area contributed by atoms with Gasteiger partial charge in [-0.2, -0.15) is 0 Å². The van der Waals surface area contributed by atoms with Crippen molar-refractivity contribution in [3.05, 3.63) is 59.1 Å². The van der Waals surface area contributed by atoms with Crippen molar-refractivity contribution in [2.45, 2.75) is 46.1 Å². The van der Waals surface area contributed by atoms with E-state index in [1.165, 1.54) is 0 Å². The highest BCUT2D eigenvalue weighted by Gasteiger charge is 2.21. The standard InChI is InChI=1S/C19H26N2O3/c1-14-12-21(19(2,3)4)20-11-17(14)24-13-15-5-7-16(8-6-15)18-22-9-10-23-18/h5-8,11-12,18,20H,9-10,13H2,1-4H3. The Morgan fingerprint density at radius 3 is 2.42 bits per heavy atom. The molecule has 1 saturated heterocycles. The van der Waals surface area contributed by atoms with Gasteiger partial charge in [-0.1, -0.05) is 24.3 Å². The summed E-state index contributed by atoms with van der Waals surface area (Å²) in [6, 6.07) is 8.17. The SMILES string of the molecule is CC1=CN(C(C)(C)C)NC=C1OCc1ccc(C2OCCO2)cc1. The number of allylic oxidation sites excluding steroid dienone is 1. The maximum atomic E-state index is 5.95. The maximum Gasteiger partial charge on any atom is 0.184 e. The van der Waals surface area contributed by atoms with Crippen LogP contribution >= 0.6 is 0 Å². The summed E-state index contributed by atoms with van der Waals surface area (Å²) in [5, 5.41) is 2.07. The van der Waals surface area contributed by atoms with E-state index in [1.807, 2.05) is 18.3 Å². The molecule has 2 aliphatic heterocycles. The summed E-state index contributed by atoms with van der Waals surface area (Å²) >= 11 is 0. The fourth-order valence-corrected chi connectivity index (χ4v) is 2.56. The zero-order valence-electron chi connectivity index (χ0n) is 14.8. The normalized spacial score (nSPS) is 18.9. The van der Waals surface area contributed by atoms with Gasteiger partial charge in [0.2, 0.25) is 0 Å². The lowest BCUT2D eigenvalue weighted by atomic mass is 10.1. The third kappa shape index (κ3) is 3.91. The van der Waals surface area contributed by atoms with E-state index < -0.39 is 0 Å². The summed E-state index contributed by atoms with van der Waals surface area (Å²) in [4.78, 5) is 0. The second-order valence-corrected chi connectivity index (χ2v) is 7.09. The molecule has 2 aliphatic rings. The van der Waals surface area contributed by atoms with Crippen LogP contribution in [0.15, 0.2) is 48.0 Å². The molecule has 0 aromatic heterocycles. The van der Waals surface area contributed by atoms with E-state index in [0.717, 1.165) is 22.5 Å². The molecule has 5 heteroatoms. The number of rotatable bonds is 4. The molecule has 0 amide bonds.